The number of halogens is 2. The molecule has 1 aliphatic heterocycles. The molecule has 7 heteroatoms. The first-order chi connectivity index (χ1) is 11.3. The van der Waals surface area contributed by atoms with E-state index in [0.29, 0.717) is 11.6 Å². The molecule has 2 aromatic rings. The van der Waals surface area contributed by atoms with E-state index >= 15 is 0 Å². The van der Waals surface area contributed by atoms with Crippen molar-refractivity contribution in [1.29, 1.82) is 0 Å². The van der Waals surface area contributed by atoms with Crippen LogP contribution >= 0.6 is 36.2 Å². The van der Waals surface area contributed by atoms with E-state index in [0.717, 1.165) is 37.5 Å². The number of piperidine rings is 1. The number of aromatic nitrogens is 1. The minimum absolute atomic E-state index is 0. The topological polar surface area (TPSA) is 54.0 Å². The summed E-state index contributed by atoms with van der Waals surface area (Å²) in [6.45, 7) is 2.94. The summed E-state index contributed by atoms with van der Waals surface area (Å²) in [5.41, 5.74) is 1.77. The van der Waals surface area contributed by atoms with Crippen LogP contribution in [0.2, 0.25) is 0 Å². The second-order valence-electron chi connectivity index (χ2n) is 6.05. The summed E-state index contributed by atoms with van der Waals surface area (Å²) in [4.78, 5) is 16.6. The SMILES string of the molecule is Cl.Cl.O=C(NCCC1CCCNC1)c1csc(Cc2ccccc2)n1. The molecule has 1 saturated heterocycles. The van der Waals surface area contributed by atoms with Gasteiger partial charge in [-0.1, -0.05) is 30.3 Å². The van der Waals surface area contributed by atoms with E-state index < -0.39 is 0 Å². The Kier molecular flexibility index (Phi) is 10.0. The lowest BCUT2D eigenvalue weighted by Gasteiger charge is -2.22. The summed E-state index contributed by atoms with van der Waals surface area (Å²) in [5.74, 6) is 0.637. The number of nitrogens with zero attached hydrogens (tertiary/aromatic N) is 1. The zero-order valence-electron chi connectivity index (χ0n) is 14.1. The van der Waals surface area contributed by atoms with Gasteiger partial charge in [0, 0.05) is 18.3 Å². The first kappa shape index (κ1) is 21.9. The molecule has 3 rings (SSSR count). The van der Waals surface area contributed by atoms with E-state index in [-0.39, 0.29) is 30.7 Å². The molecule has 1 fully saturated rings. The van der Waals surface area contributed by atoms with Gasteiger partial charge in [-0.15, -0.1) is 36.2 Å². The first-order valence-electron chi connectivity index (χ1n) is 8.28. The van der Waals surface area contributed by atoms with Crippen LogP contribution in [0.5, 0.6) is 0 Å². The number of rotatable bonds is 6. The van der Waals surface area contributed by atoms with Crippen LogP contribution in [0, 0.1) is 5.92 Å². The molecule has 0 bridgehead atoms. The third-order valence-electron chi connectivity index (χ3n) is 4.22. The van der Waals surface area contributed by atoms with Gasteiger partial charge in [-0.25, -0.2) is 4.98 Å². The van der Waals surface area contributed by atoms with Gasteiger partial charge < -0.3 is 10.6 Å². The van der Waals surface area contributed by atoms with Crippen molar-refractivity contribution in [3.63, 3.8) is 0 Å². The summed E-state index contributed by atoms with van der Waals surface area (Å²) < 4.78 is 0. The van der Waals surface area contributed by atoms with Crippen molar-refractivity contribution in [3.05, 3.63) is 52.0 Å². The molecule has 0 radical (unpaired) electrons. The second-order valence-corrected chi connectivity index (χ2v) is 6.99. The Labute approximate surface area is 165 Å². The molecule has 2 heterocycles. The van der Waals surface area contributed by atoms with Gasteiger partial charge in [0.15, 0.2) is 0 Å². The number of hydrogen-bond donors (Lipinski definition) is 2. The lowest BCUT2D eigenvalue weighted by molar-refractivity contribution is 0.0946. The second kappa shape index (κ2) is 11.5. The number of benzene rings is 1. The van der Waals surface area contributed by atoms with Crippen LogP contribution < -0.4 is 10.6 Å². The highest BCUT2D eigenvalue weighted by molar-refractivity contribution is 7.09. The van der Waals surface area contributed by atoms with Crippen LogP contribution in [0.4, 0.5) is 0 Å². The van der Waals surface area contributed by atoms with Gasteiger partial charge in [0.25, 0.3) is 5.91 Å². The van der Waals surface area contributed by atoms with E-state index in [9.17, 15) is 4.79 Å². The zero-order valence-corrected chi connectivity index (χ0v) is 16.5. The van der Waals surface area contributed by atoms with Crippen LogP contribution in [-0.4, -0.2) is 30.5 Å². The van der Waals surface area contributed by atoms with Crippen molar-refractivity contribution in [2.24, 2.45) is 5.92 Å². The predicted octanol–water partition coefficient (Wildman–Crippen LogP) is 3.70. The maximum Gasteiger partial charge on any atom is 0.270 e. The fraction of sp³-hybridized carbons (Fsp3) is 0.444. The van der Waals surface area contributed by atoms with Gasteiger partial charge >= 0.3 is 0 Å². The lowest BCUT2D eigenvalue weighted by atomic mass is 9.96. The molecule has 1 amide bonds. The van der Waals surface area contributed by atoms with E-state index in [4.69, 9.17) is 0 Å². The molecule has 1 aromatic carbocycles. The van der Waals surface area contributed by atoms with Crippen LogP contribution in [-0.2, 0) is 6.42 Å². The van der Waals surface area contributed by atoms with E-state index in [1.165, 1.54) is 18.4 Å². The summed E-state index contributed by atoms with van der Waals surface area (Å²) >= 11 is 1.55. The van der Waals surface area contributed by atoms with Gasteiger partial charge in [-0.05, 0) is 43.8 Å². The van der Waals surface area contributed by atoms with Crippen LogP contribution in [0.25, 0.3) is 0 Å². The van der Waals surface area contributed by atoms with E-state index in [1.807, 2.05) is 23.6 Å². The van der Waals surface area contributed by atoms with Crippen LogP contribution in [0.3, 0.4) is 0 Å². The van der Waals surface area contributed by atoms with E-state index in [1.54, 1.807) is 11.3 Å². The molecule has 4 nitrogen and oxygen atoms in total. The third kappa shape index (κ3) is 6.94. The monoisotopic (exact) mass is 401 g/mol. The Morgan fingerprint density at radius 2 is 2.08 bits per heavy atom. The molecule has 0 saturated carbocycles. The number of hydrogen-bond acceptors (Lipinski definition) is 4. The molecule has 1 aromatic heterocycles. The average Bonchev–Trinajstić information content (AvgIpc) is 3.05. The molecular weight excluding hydrogens is 377 g/mol. The average molecular weight is 402 g/mol. The van der Waals surface area contributed by atoms with Gasteiger partial charge in [0.2, 0.25) is 0 Å². The van der Waals surface area contributed by atoms with Gasteiger partial charge in [-0.3, -0.25) is 4.79 Å². The number of carbonyl (C=O) groups is 1. The Balaban J connectivity index is 0.00000156. The summed E-state index contributed by atoms with van der Waals surface area (Å²) in [5, 5.41) is 9.25. The van der Waals surface area contributed by atoms with Gasteiger partial charge in [0.05, 0.1) is 5.01 Å². The minimum atomic E-state index is -0.0515. The molecule has 1 atom stereocenters. The van der Waals surface area contributed by atoms with Gasteiger partial charge in [0.1, 0.15) is 5.69 Å². The smallest absolute Gasteiger partial charge is 0.270 e. The molecule has 2 N–H and O–H groups in total. The quantitative estimate of drug-likeness (QED) is 0.775. The standard InChI is InChI=1S/C18H23N3OS.2ClH/c22-18(20-10-8-15-7-4-9-19-12-15)16-13-23-17(21-16)11-14-5-2-1-3-6-14;;/h1-3,5-6,13,15,19H,4,7-12H2,(H,20,22);2*1H. The van der Waals surface area contributed by atoms with Crippen molar-refractivity contribution in [3.8, 4) is 0 Å². The first-order valence-corrected chi connectivity index (χ1v) is 9.16. The fourth-order valence-corrected chi connectivity index (χ4v) is 3.73. The Bertz CT molecular complexity index is 630. The Morgan fingerprint density at radius 3 is 2.80 bits per heavy atom. The summed E-state index contributed by atoms with van der Waals surface area (Å²) in [6.07, 6.45) is 4.33. The Hall–Kier alpha value is -1.14. The Morgan fingerprint density at radius 1 is 1.28 bits per heavy atom. The molecule has 138 valence electrons. The number of carbonyl (C=O) groups excluding carboxylic acids is 1. The van der Waals surface area contributed by atoms with Crippen molar-refractivity contribution >= 4 is 42.1 Å². The van der Waals surface area contributed by atoms with Crippen LogP contribution in [0.1, 0.15) is 40.3 Å². The summed E-state index contributed by atoms with van der Waals surface area (Å²) in [7, 11) is 0. The maximum absolute atomic E-state index is 12.2. The third-order valence-corrected chi connectivity index (χ3v) is 5.07. The van der Waals surface area contributed by atoms with Crippen molar-refractivity contribution in [1.82, 2.24) is 15.6 Å². The van der Waals surface area contributed by atoms with E-state index in [2.05, 4.69) is 27.8 Å². The number of thiazole rings is 1. The molecule has 25 heavy (non-hydrogen) atoms. The molecule has 1 aliphatic rings. The largest absolute Gasteiger partial charge is 0.351 e. The normalized spacial score (nSPS) is 16.4. The lowest BCUT2D eigenvalue weighted by Crippen LogP contribution is -2.33. The van der Waals surface area contributed by atoms with Crippen molar-refractivity contribution in [2.75, 3.05) is 19.6 Å². The number of amides is 1. The summed E-state index contributed by atoms with van der Waals surface area (Å²) in [6, 6.07) is 10.2. The minimum Gasteiger partial charge on any atom is -0.351 e. The maximum atomic E-state index is 12.2. The van der Waals surface area contributed by atoms with Crippen molar-refractivity contribution in [2.45, 2.75) is 25.7 Å². The number of nitrogens with one attached hydrogen (secondary N) is 2. The molecule has 0 spiro atoms. The fourth-order valence-electron chi connectivity index (χ4n) is 2.92. The highest BCUT2D eigenvalue weighted by atomic mass is 35.5. The highest BCUT2D eigenvalue weighted by Crippen LogP contribution is 2.15. The van der Waals surface area contributed by atoms with Crippen LogP contribution in [0.15, 0.2) is 35.7 Å². The zero-order chi connectivity index (χ0) is 15.9. The highest BCUT2D eigenvalue weighted by Gasteiger charge is 2.14. The van der Waals surface area contributed by atoms with Crippen molar-refractivity contribution < 1.29 is 4.79 Å². The van der Waals surface area contributed by atoms with Gasteiger partial charge in [-0.2, -0.15) is 0 Å². The molecule has 1 unspecified atom stereocenters. The molecule has 0 aliphatic carbocycles. The predicted molar refractivity (Wildman–Crippen MR) is 108 cm³/mol. The molecular formula is C18H25Cl2N3OS.